The molecule has 1 saturated heterocycles. The number of amides is 1. The van der Waals surface area contributed by atoms with Crippen LogP contribution in [0.25, 0.3) is 0 Å². The Morgan fingerprint density at radius 3 is 2.68 bits per heavy atom. The van der Waals surface area contributed by atoms with E-state index in [1.807, 2.05) is 59.5 Å². The van der Waals surface area contributed by atoms with E-state index in [-0.39, 0.29) is 35.5 Å². The van der Waals surface area contributed by atoms with Gasteiger partial charge in [-0.25, -0.2) is 0 Å². The van der Waals surface area contributed by atoms with E-state index in [1.54, 1.807) is 22.6 Å². The largest absolute Gasteiger partial charge is 0.482 e. The van der Waals surface area contributed by atoms with Crippen LogP contribution < -0.4 is 19.9 Å². The van der Waals surface area contributed by atoms with E-state index in [9.17, 15) is 14.4 Å². The number of ether oxygens (including phenoxy) is 3. The van der Waals surface area contributed by atoms with E-state index in [0.29, 0.717) is 31.1 Å². The monoisotopic (exact) mass is 607 g/mol. The minimum Gasteiger partial charge on any atom is -0.482 e. The summed E-state index contributed by atoms with van der Waals surface area (Å²) in [7, 11) is 0. The van der Waals surface area contributed by atoms with Crippen molar-refractivity contribution in [3.05, 3.63) is 123 Å². The number of aromatic nitrogens is 1. The van der Waals surface area contributed by atoms with E-state index in [1.165, 1.54) is 13.0 Å². The molecule has 0 radical (unpaired) electrons. The summed E-state index contributed by atoms with van der Waals surface area (Å²) in [5.41, 5.74) is 2.76. The number of carbonyl (C=O) groups is 2. The summed E-state index contributed by atoms with van der Waals surface area (Å²) in [5, 5.41) is 2.17. The van der Waals surface area contributed by atoms with Crippen molar-refractivity contribution >= 4 is 23.6 Å². The van der Waals surface area contributed by atoms with Crippen LogP contribution in [-0.4, -0.2) is 46.4 Å². The predicted molar refractivity (Wildman–Crippen MR) is 163 cm³/mol. The quantitative estimate of drug-likeness (QED) is 0.240. The molecule has 0 bridgehead atoms. The zero-order valence-corrected chi connectivity index (χ0v) is 24.8. The number of rotatable bonds is 5. The first-order chi connectivity index (χ1) is 21.5. The second kappa shape index (κ2) is 10.3. The summed E-state index contributed by atoms with van der Waals surface area (Å²) in [6.07, 6.45) is 2.03. The van der Waals surface area contributed by atoms with Crippen LogP contribution in [0.5, 0.6) is 11.5 Å². The molecule has 1 aliphatic carbocycles. The van der Waals surface area contributed by atoms with Crippen LogP contribution in [0.4, 0.5) is 0 Å². The number of thioether (sulfide) groups is 1. The van der Waals surface area contributed by atoms with Crippen LogP contribution in [0.1, 0.15) is 52.1 Å². The second-order valence-electron chi connectivity index (χ2n) is 11.4. The van der Waals surface area contributed by atoms with Gasteiger partial charge >= 0.3 is 5.97 Å². The Hall–Kier alpha value is -4.54. The molecule has 3 aliphatic heterocycles. The average Bonchev–Trinajstić information content (AvgIpc) is 3.80. The number of fused-ring (bicyclic) bond motifs is 3. The number of esters is 1. The third kappa shape index (κ3) is 4.08. The van der Waals surface area contributed by atoms with Crippen molar-refractivity contribution in [2.75, 3.05) is 18.2 Å². The highest BCUT2D eigenvalue weighted by Gasteiger charge is 2.71. The number of morpholine rings is 1. The van der Waals surface area contributed by atoms with Gasteiger partial charge in [0.1, 0.15) is 24.5 Å². The van der Waals surface area contributed by atoms with Gasteiger partial charge in [-0.2, -0.15) is 0 Å². The van der Waals surface area contributed by atoms with Gasteiger partial charge in [0.2, 0.25) is 5.43 Å². The zero-order valence-electron chi connectivity index (χ0n) is 24.0. The van der Waals surface area contributed by atoms with Gasteiger partial charge in [0.25, 0.3) is 5.91 Å². The number of hydrogen-bond acceptors (Lipinski definition) is 8. The molecule has 3 atom stereocenters. The maximum atomic E-state index is 14.4. The lowest BCUT2D eigenvalue weighted by molar-refractivity contribution is -0.131. The van der Waals surface area contributed by atoms with Gasteiger partial charge in [-0.1, -0.05) is 60.7 Å². The molecular weight excluding hydrogens is 578 g/mol. The number of nitrogens with zero attached hydrogens (tertiary/aromatic N) is 3. The maximum Gasteiger partial charge on any atom is 0.308 e. The highest BCUT2D eigenvalue weighted by Crippen LogP contribution is 2.57. The van der Waals surface area contributed by atoms with Gasteiger partial charge in [0.15, 0.2) is 17.1 Å². The molecule has 0 N–H and O–H groups in total. The SMILES string of the molecule is CC(=O)Oc1cccc2c1[C@H](N1n3ccc(=O)c(OCc4ccccc4)c3C(=O)N3CCO[C@H]4C[C@]431)c1ccccc1SC2. The van der Waals surface area contributed by atoms with Crippen molar-refractivity contribution in [1.82, 2.24) is 9.58 Å². The molecule has 222 valence electrons. The van der Waals surface area contributed by atoms with Gasteiger partial charge in [0.05, 0.1) is 6.61 Å². The Morgan fingerprint density at radius 2 is 1.84 bits per heavy atom. The smallest absolute Gasteiger partial charge is 0.308 e. The van der Waals surface area contributed by atoms with E-state index >= 15 is 0 Å². The summed E-state index contributed by atoms with van der Waals surface area (Å²) in [5.74, 6) is 0.465. The molecule has 8 rings (SSSR count). The topological polar surface area (TPSA) is 90.3 Å². The molecular formula is C34H29N3O6S. The molecule has 1 saturated carbocycles. The molecule has 44 heavy (non-hydrogen) atoms. The van der Waals surface area contributed by atoms with Crippen LogP contribution in [0.2, 0.25) is 0 Å². The Balaban J connectivity index is 1.38. The van der Waals surface area contributed by atoms with Gasteiger partial charge < -0.3 is 19.1 Å². The van der Waals surface area contributed by atoms with Gasteiger partial charge in [-0.15, -0.1) is 11.8 Å². The molecule has 4 heterocycles. The zero-order chi connectivity index (χ0) is 30.0. The lowest BCUT2D eigenvalue weighted by atomic mass is 9.92. The fourth-order valence-corrected chi connectivity index (χ4v) is 7.98. The van der Waals surface area contributed by atoms with Crippen LogP contribution in [0.3, 0.4) is 0 Å². The molecule has 3 aromatic carbocycles. The van der Waals surface area contributed by atoms with E-state index in [2.05, 4.69) is 23.2 Å². The Bertz CT molecular complexity index is 1880. The summed E-state index contributed by atoms with van der Waals surface area (Å²) in [4.78, 5) is 43.1. The van der Waals surface area contributed by atoms with Crippen LogP contribution in [0.15, 0.2) is 94.7 Å². The van der Waals surface area contributed by atoms with Gasteiger partial charge in [-0.3, -0.25) is 24.1 Å². The molecule has 1 spiro atoms. The first-order valence-electron chi connectivity index (χ1n) is 14.6. The van der Waals surface area contributed by atoms with Gasteiger partial charge in [-0.05, 0) is 28.8 Å². The summed E-state index contributed by atoms with van der Waals surface area (Å²) < 4.78 is 20.1. The minimum atomic E-state index is -0.804. The molecule has 10 heteroatoms. The molecule has 9 nitrogen and oxygen atoms in total. The molecule has 0 unspecified atom stereocenters. The third-order valence-electron chi connectivity index (χ3n) is 8.81. The standard InChI is InChI=1S/C34H29N3O6S/c1-21(38)43-26-12-7-10-23-20-44-27-13-6-5-11-24(27)30(29(23)26)37-34-18-28(34)41-17-16-35(34)33(40)31-32(25(39)14-15-36(31)37)42-19-22-8-3-2-4-9-22/h2-15,28,30H,16-20H2,1H3/t28-,30+,34-/m0/s1. The second-order valence-corrected chi connectivity index (χ2v) is 12.4. The number of hydrogen-bond donors (Lipinski definition) is 0. The third-order valence-corrected chi connectivity index (χ3v) is 9.94. The van der Waals surface area contributed by atoms with Crippen molar-refractivity contribution in [3.8, 4) is 11.5 Å². The Morgan fingerprint density at radius 1 is 1.02 bits per heavy atom. The predicted octanol–water partition coefficient (Wildman–Crippen LogP) is 4.64. The molecule has 4 aliphatic rings. The summed E-state index contributed by atoms with van der Waals surface area (Å²) >= 11 is 1.72. The number of benzene rings is 3. The molecule has 1 amide bonds. The minimum absolute atomic E-state index is 0.00896. The van der Waals surface area contributed by atoms with E-state index in [0.717, 1.165) is 27.1 Å². The highest BCUT2D eigenvalue weighted by atomic mass is 32.2. The Labute approximate surface area is 257 Å². The molecule has 4 aromatic rings. The fourth-order valence-electron chi connectivity index (χ4n) is 6.90. The lowest BCUT2D eigenvalue weighted by Crippen LogP contribution is -2.68. The molecule has 2 fully saturated rings. The van der Waals surface area contributed by atoms with E-state index < -0.39 is 17.7 Å². The summed E-state index contributed by atoms with van der Waals surface area (Å²) in [6, 6.07) is 24.5. The van der Waals surface area contributed by atoms with Crippen molar-refractivity contribution in [2.45, 2.75) is 48.4 Å². The van der Waals surface area contributed by atoms with Crippen molar-refractivity contribution in [1.29, 1.82) is 0 Å². The van der Waals surface area contributed by atoms with Crippen molar-refractivity contribution < 1.29 is 23.8 Å². The van der Waals surface area contributed by atoms with Crippen molar-refractivity contribution in [2.24, 2.45) is 0 Å². The van der Waals surface area contributed by atoms with Crippen LogP contribution in [0, 0.1) is 0 Å². The van der Waals surface area contributed by atoms with Crippen molar-refractivity contribution in [3.63, 3.8) is 0 Å². The number of carbonyl (C=O) groups excluding carboxylic acids is 2. The fraction of sp³-hybridized carbons (Fsp3) is 0.265. The highest BCUT2D eigenvalue weighted by molar-refractivity contribution is 7.98. The lowest BCUT2D eigenvalue weighted by Gasteiger charge is -2.52. The number of pyridine rings is 1. The first kappa shape index (κ1) is 27.0. The summed E-state index contributed by atoms with van der Waals surface area (Å²) in [6.45, 7) is 2.31. The van der Waals surface area contributed by atoms with Crippen LogP contribution >= 0.6 is 11.8 Å². The van der Waals surface area contributed by atoms with E-state index in [4.69, 9.17) is 14.2 Å². The van der Waals surface area contributed by atoms with Gasteiger partial charge in [0, 0.05) is 48.4 Å². The van der Waals surface area contributed by atoms with Crippen LogP contribution in [-0.2, 0) is 21.9 Å². The maximum absolute atomic E-state index is 14.4. The average molecular weight is 608 g/mol. The Kier molecular flexibility index (Phi) is 6.32. The molecule has 1 aromatic heterocycles. The first-order valence-corrected chi connectivity index (χ1v) is 15.6. The normalized spacial score (nSPS) is 22.9.